The van der Waals surface area contributed by atoms with E-state index in [1.54, 1.807) is 23.9 Å². The van der Waals surface area contributed by atoms with Crippen LogP contribution in [0, 0.1) is 5.92 Å². The van der Waals surface area contributed by atoms with Crippen LogP contribution in [0.2, 0.25) is 0 Å². The molecule has 0 aliphatic carbocycles. The van der Waals surface area contributed by atoms with Crippen LogP contribution in [-0.2, 0) is 0 Å². The molecule has 0 aliphatic heterocycles. The van der Waals surface area contributed by atoms with E-state index in [1.807, 2.05) is 12.1 Å². The third kappa shape index (κ3) is 5.13. The Morgan fingerprint density at radius 1 is 1.39 bits per heavy atom. The topological polar surface area (TPSA) is 37.3 Å². The maximum Gasteiger partial charge on any atom is 0.335 e. The van der Waals surface area contributed by atoms with E-state index in [-0.39, 0.29) is 0 Å². The number of hydrogen-bond donors (Lipinski definition) is 1. The number of rotatable bonds is 8. The first-order valence-electron chi connectivity index (χ1n) is 6.63. The van der Waals surface area contributed by atoms with Gasteiger partial charge in [0.15, 0.2) is 0 Å². The van der Waals surface area contributed by atoms with Crippen molar-refractivity contribution in [2.24, 2.45) is 5.92 Å². The molecular weight excluding hydrogens is 244 g/mol. The van der Waals surface area contributed by atoms with Crippen molar-refractivity contribution in [3.63, 3.8) is 0 Å². The van der Waals surface area contributed by atoms with Crippen molar-refractivity contribution in [3.8, 4) is 0 Å². The lowest BCUT2D eigenvalue weighted by molar-refractivity contribution is 0.0696. The van der Waals surface area contributed by atoms with Crippen LogP contribution in [0.1, 0.15) is 49.9 Å². The maximum atomic E-state index is 10.9. The number of aromatic carboxylic acids is 1. The summed E-state index contributed by atoms with van der Waals surface area (Å²) >= 11 is 1.77. The number of carboxylic acids is 1. The first-order chi connectivity index (χ1) is 8.67. The second-order valence-corrected chi connectivity index (χ2v) is 5.65. The highest BCUT2D eigenvalue weighted by Crippen LogP contribution is 2.25. The zero-order valence-electron chi connectivity index (χ0n) is 11.2. The average molecular weight is 266 g/mol. The Balaban J connectivity index is 2.51. The van der Waals surface area contributed by atoms with E-state index < -0.39 is 5.97 Å². The molecule has 1 rings (SSSR count). The summed E-state index contributed by atoms with van der Waals surface area (Å²) in [6.07, 6.45) is 5.01. The third-order valence-electron chi connectivity index (χ3n) is 3.11. The molecule has 0 radical (unpaired) electrons. The zero-order valence-corrected chi connectivity index (χ0v) is 12.0. The monoisotopic (exact) mass is 266 g/mol. The van der Waals surface area contributed by atoms with Crippen molar-refractivity contribution in [3.05, 3.63) is 29.8 Å². The van der Waals surface area contributed by atoms with Crippen LogP contribution in [0.4, 0.5) is 0 Å². The van der Waals surface area contributed by atoms with Gasteiger partial charge in [-0.15, -0.1) is 11.8 Å². The van der Waals surface area contributed by atoms with E-state index >= 15 is 0 Å². The van der Waals surface area contributed by atoms with E-state index in [4.69, 9.17) is 5.11 Å². The number of thioether (sulfide) groups is 1. The highest BCUT2D eigenvalue weighted by Gasteiger charge is 2.08. The van der Waals surface area contributed by atoms with E-state index in [0.717, 1.165) is 16.6 Å². The van der Waals surface area contributed by atoms with Gasteiger partial charge in [0.1, 0.15) is 0 Å². The fourth-order valence-electron chi connectivity index (χ4n) is 1.83. The number of carboxylic acid groups (broad SMARTS) is 1. The van der Waals surface area contributed by atoms with Gasteiger partial charge in [0.25, 0.3) is 0 Å². The van der Waals surface area contributed by atoms with Gasteiger partial charge in [-0.1, -0.05) is 39.2 Å². The van der Waals surface area contributed by atoms with Gasteiger partial charge in [-0.3, -0.25) is 0 Å². The van der Waals surface area contributed by atoms with Gasteiger partial charge in [-0.25, -0.2) is 4.79 Å². The maximum absolute atomic E-state index is 10.9. The van der Waals surface area contributed by atoms with Crippen molar-refractivity contribution >= 4 is 17.7 Å². The highest BCUT2D eigenvalue weighted by molar-refractivity contribution is 7.99. The van der Waals surface area contributed by atoms with Crippen LogP contribution in [-0.4, -0.2) is 16.8 Å². The molecule has 0 spiro atoms. The molecule has 0 amide bonds. The van der Waals surface area contributed by atoms with Crippen molar-refractivity contribution < 1.29 is 9.90 Å². The first-order valence-corrected chi connectivity index (χ1v) is 7.62. The Labute approximate surface area is 114 Å². The smallest absolute Gasteiger partial charge is 0.335 e. The Kier molecular flexibility index (Phi) is 6.88. The molecule has 100 valence electrons. The van der Waals surface area contributed by atoms with Gasteiger partial charge >= 0.3 is 5.97 Å². The van der Waals surface area contributed by atoms with Crippen LogP contribution in [0.25, 0.3) is 0 Å². The predicted octanol–water partition coefficient (Wildman–Crippen LogP) is 4.69. The summed E-state index contributed by atoms with van der Waals surface area (Å²) in [6.45, 7) is 4.45. The van der Waals surface area contributed by atoms with E-state index in [1.165, 1.54) is 25.7 Å². The van der Waals surface area contributed by atoms with Gasteiger partial charge in [0.2, 0.25) is 0 Å². The van der Waals surface area contributed by atoms with Crippen LogP contribution in [0.5, 0.6) is 0 Å². The molecule has 1 unspecified atom stereocenters. The Morgan fingerprint density at radius 2 is 2.17 bits per heavy atom. The highest BCUT2D eigenvalue weighted by atomic mass is 32.2. The molecule has 3 heteroatoms. The molecule has 1 atom stereocenters. The molecule has 0 bridgehead atoms. The largest absolute Gasteiger partial charge is 0.478 e. The molecule has 1 aromatic carbocycles. The Morgan fingerprint density at radius 3 is 2.78 bits per heavy atom. The lowest BCUT2D eigenvalue weighted by Gasteiger charge is -2.13. The van der Waals surface area contributed by atoms with Gasteiger partial charge in [-0.2, -0.15) is 0 Å². The van der Waals surface area contributed by atoms with Crippen LogP contribution >= 0.6 is 11.8 Å². The summed E-state index contributed by atoms with van der Waals surface area (Å²) in [5, 5.41) is 8.94. The predicted molar refractivity (Wildman–Crippen MR) is 77.4 cm³/mol. The molecule has 1 aromatic rings. The molecular formula is C15H22O2S. The van der Waals surface area contributed by atoms with Gasteiger partial charge < -0.3 is 5.11 Å². The van der Waals surface area contributed by atoms with E-state index in [0.29, 0.717) is 5.56 Å². The minimum Gasteiger partial charge on any atom is -0.478 e. The third-order valence-corrected chi connectivity index (χ3v) is 4.34. The number of hydrogen-bond acceptors (Lipinski definition) is 2. The summed E-state index contributed by atoms with van der Waals surface area (Å²) in [5.74, 6) is 0.971. The fraction of sp³-hybridized carbons (Fsp3) is 0.533. The zero-order chi connectivity index (χ0) is 13.4. The van der Waals surface area contributed by atoms with Crippen LogP contribution < -0.4 is 0 Å². The average Bonchev–Trinajstić information content (AvgIpc) is 2.39. The number of unbranched alkanes of at least 4 members (excludes halogenated alkanes) is 1. The van der Waals surface area contributed by atoms with Crippen molar-refractivity contribution in [2.75, 3.05) is 5.75 Å². The standard InChI is InChI=1S/C15H22O2S/c1-3-5-7-12(4-2)11-18-14-9-6-8-13(10-14)15(16)17/h6,8-10,12H,3-5,7,11H2,1-2H3,(H,16,17). The van der Waals surface area contributed by atoms with Crippen molar-refractivity contribution in [1.29, 1.82) is 0 Å². The minimum atomic E-state index is -0.851. The normalized spacial score (nSPS) is 12.3. The van der Waals surface area contributed by atoms with Crippen molar-refractivity contribution in [2.45, 2.75) is 44.4 Å². The minimum absolute atomic E-state index is 0.376. The Hall–Kier alpha value is -0.960. The van der Waals surface area contributed by atoms with Crippen molar-refractivity contribution in [1.82, 2.24) is 0 Å². The quantitative estimate of drug-likeness (QED) is 0.693. The fourth-order valence-corrected chi connectivity index (χ4v) is 3.05. The molecule has 18 heavy (non-hydrogen) atoms. The second kappa shape index (κ2) is 8.20. The molecule has 0 saturated heterocycles. The summed E-state index contributed by atoms with van der Waals surface area (Å²) in [6, 6.07) is 7.21. The summed E-state index contributed by atoms with van der Waals surface area (Å²) in [5.41, 5.74) is 0.376. The molecule has 0 aromatic heterocycles. The molecule has 1 N–H and O–H groups in total. The lowest BCUT2D eigenvalue weighted by Crippen LogP contribution is -2.02. The van der Waals surface area contributed by atoms with E-state index in [9.17, 15) is 4.79 Å². The van der Waals surface area contributed by atoms with Gasteiger partial charge in [0, 0.05) is 10.6 Å². The summed E-state index contributed by atoms with van der Waals surface area (Å²) in [4.78, 5) is 11.9. The summed E-state index contributed by atoms with van der Waals surface area (Å²) in [7, 11) is 0. The van der Waals surface area contributed by atoms with E-state index in [2.05, 4.69) is 13.8 Å². The number of carbonyl (C=O) groups is 1. The number of benzene rings is 1. The second-order valence-electron chi connectivity index (χ2n) is 4.56. The van der Waals surface area contributed by atoms with Crippen LogP contribution in [0.15, 0.2) is 29.2 Å². The molecule has 0 aliphatic rings. The van der Waals surface area contributed by atoms with Gasteiger partial charge in [0.05, 0.1) is 5.56 Å². The molecule has 2 nitrogen and oxygen atoms in total. The molecule has 0 fully saturated rings. The van der Waals surface area contributed by atoms with Gasteiger partial charge in [-0.05, 0) is 30.5 Å². The Bertz CT molecular complexity index is 377. The van der Waals surface area contributed by atoms with Crippen LogP contribution in [0.3, 0.4) is 0 Å². The first kappa shape index (κ1) is 15.1. The molecule has 0 heterocycles. The SMILES string of the molecule is CCCCC(CC)CSc1cccc(C(=O)O)c1. The molecule has 0 saturated carbocycles. The lowest BCUT2D eigenvalue weighted by atomic mass is 10.0. The summed E-state index contributed by atoms with van der Waals surface area (Å²) < 4.78 is 0.